The van der Waals surface area contributed by atoms with Gasteiger partial charge in [-0.3, -0.25) is 0 Å². The normalized spacial score (nSPS) is 7.62. The zero-order valence-electron chi connectivity index (χ0n) is 4.11. The highest BCUT2D eigenvalue weighted by molar-refractivity contribution is 5.85. The van der Waals surface area contributed by atoms with Crippen LogP contribution in [0, 0.1) is 0 Å². The van der Waals surface area contributed by atoms with E-state index in [1.165, 1.54) is 4.79 Å². The highest BCUT2D eigenvalue weighted by Gasteiger charge is 1.75. The summed E-state index contributed by atoms with van der Waals surface area (Å²) < 4.78 is 0. The summed E-state index contributed by atoms with van der Waals surface area (Å²) in [7, 11) is 0. The third kappa shape index (κ3) is 1.40. The van der Waals surface area contributed by atoms with Crippen molar-refractivity contribution in [2.45, 2.75) is 0 Å². The minimum absolute atomic E-state index is 0. The molecule has 0 aliphatic heterocycles. The number of nitrogens with one attached hydrogen (secondary N) is 1. The second-order valence-corrected chi connectivity index (χ2v) is 1.08. The summed E-state index contributed by atoms with van der Waals surface area (Å²) in [5.74, 6) is 4.94. The summed E-state index contributed by atoms with van der Waals surface area (Å²) in [6.45, 7) is 0. The predicted octanol–water partition coefficient (Wildman–Crippen LogP) is -0.278. The van der Waals surface area contributed by atoms with Crippen LogP contribution in [0.25, 0.3) is 0 Å². The van der Waals surface area contributed by atoms with Gasteiger partial charge in [0, 0.05) is 6.20 Å². The quantitative estimate of drug-likeness (QED) is 0.411. The van der Waals surface area contributed by atoms with Crippen LogP contribution in [0.15, 0.2) is 18.5 Å². The van der Waals surface area contributed by atoms with E-state index in [2.05, 4.69) is 10.6 Å². The zero-order valence-corrected chi connectivity index (χ0v) is 4.93. The molecular weight excluding hydrogens is 128 g/mol. The minimum Gasteiger partial charge on any atom is -0.246 e. The molecule has 5 heteroatoms. The number of nitrogens with two attached hydrogens (primary N) is 1. The first-order valence-electron chi connectivity index (χ1n) is 1.90. The van der Waals surface area contributed by atoms with Gasteiger partial charge >= 0.3 is 0 Å². The molecule has 0 saturated carbocycles. The van der Waals surface area contributed by atoms with Gasteiger partial charge in [0.15, 0.2) is 0 Å². The van der Waals surface area contributed by atoms with Gasteiger partial charge in [-0.15, -0.1) is 12.4 Å². The molecule has 0 bridgehead atoms. The zero-order chi connectivity index (χ0) is 5.11. The van der Waals surface area contributed by atoms with Crippen LogP contribution in [0.1, 0.15) is 0 Å². The summed E-state index contributed by atoms with van der Waals surface area (Å²) in [6, 6.07) is 1.78. The van der Waals surface area contributed by atoms with Crippen LogP contribution in [0.2, 0.25) is 0 Å². The number of nitrogen functional groups attached to an aromatic ring is 1. The molecule has 0 aliphatic rings. The molecule has 4 nitrogen and oxygen atoms in total. The third-order valence-corrected chi connectivity index (χ3v) is 0.637. The fourth-order valence-electron chi connectivity index (χ4n) is 0.345. The van der Waals surface area contributed by atoms with Crippen LogP contribution in [0.4, 0.5) is 0 Å². The lowest BCUT2D eigenvalue weighted by atomic mass is 10.8. The molecule has 0 unspecified atom stereocenters. The van der Waals surface area contributed by atoms with Crippen molar-refractivity contribution in [2.75, 3.05) is 5.53 Å². The first-order chi connectivity index (χ1) is 3.43. The fraction of sp³-hybridized carbons (Fsp3) is 0. The Morgan fingerprint density at radius 3 is 2.62 bits per heavy atom. The Morgan fingerprint density at radius 2 is 2.38 bits per heavy atom. The van der Waals surface area contributed by atoms with E-state index in [1.54, 1.807) is 18.5 Å². The van der Waals surface area contributed by atoms with E-state index in [0.717, 1.165) is 0 Å². The maximum Gasteiger partial charge on any atom is 0.0511 e. The second-order valence-electron chi connectivity index (χ2n) is 1.08. The smallest absolute Gasteiger partial charge is 0.0511 e. The van der Waals surface area contributed by atoms with Crippen LogP contribution in [-0.4, -0.2) is 9.89 Å². The van der Waals surface area contributed by atoms with Crippen molar-refractivity contribution >= 4 is 12.4 Å². The SMILES string of the molecule is Cl.NNn1cccn1. The van der Waals surface area contributed by atoms with Crippen molar-refractivity contribution in [3.05, 3.63) is 18.5 Å². The molecule has 0 aliphatic carbocycles. The van der Waals surface area contributed by atoms with Gasteiger partial charge in [-0.05, 0) is 6.07 Å². The topological polar surface area (TPSA) is 55.9 Å². The maximum atomic E-state index is 4.94. The first kappa shape index (κ1) is 7.26. The molecule has 0 fully saturated rings. The van der Waals surface area contributed by atoms with E-state index >= 15 is 0 Å². The number of nitrogens with zero attached hydrogens (tertiary/aromatic N) is 2. The largest absolute Gasteiger partial charge is 0.246 e. The van der Waals surface area contributed by atoms with Crippen LogP contribution < -0.4 is 11.4 Å². The Hall–Kier alpha value is -0.740. The van der Waals surface area contributed by atoms with Gasteiger partial charge in [0.25, 0.3) is 0 Å². The summed E-state index contributed by atoms with van der Waals surface area (Å²) in [6.07, 6.45) is 3.35. The van der Waals surface area contributed by atoms with E-state index in [1.807, 2.05) is 0 Å². The minimum atomic E-state index is 0. The molecule has 46 valence electrons. The lowest BCUT2D eigenvalue weighted by Gasteiger charge is -1.92. The van der Waals surface area contributed by atoms with E-state index in [9.17, 15) is 0 Å². The highest BCUT2D eigenvalue weighted by atomic mass is 35.5. The summed E-state index contributed by atoms with van der Waals surface area (Å²) in [5, 5.41) is 3.72. The predicted molar refractivity (Wildman–Crippen MR) is 33.0 cm³/mol. The number of halogens is 1. The van der Waals surface area contributed by atoms with Crippen molar-refractivity contribution in [1.82, 2.24) is 9.89 Å². The Labute approximate surface area is 53.0 Å². The Balaban J connectivity index is 0.000000490. The summed E-state index contributed by atoms with van der Waals surface area (Å²) in [5.41, 5.74) is 2.31. The van der Waals surface area contributed by atoms with Gasteiger partial charge in [0.05, 0.1) is 6.20 Å². The molecule has 0 aromatic carbocycles. The Bertz CT molecular complexity index is 126. The molecule has 1 aromatic heterocycles. The van der Waals surface area contributed by atoms with Gasteiger partial charge in [0.1, 0.15) is 0 Å². The highest BCUT2D eigenvalue weighted by Crippen LogP contribution is 1.73. The number of hydrogen-bond acceptors (Lipinski definition) is 3. The molecule has 1 aromatic rings. The molecule has 1 heterocycles. The molecule has 3 N–H and O–H groups in total. The molecule has 1 rings (SSSR count). The summed E-state index contributed by atoms with van der Waals surface area (Å²) in [4.78, 5) is 1.40. The van der Waals surface area contributed by atoms with Crippen molar-refractivity contribution < 1.29 is 0 Å². The van der Waals surface area contributed by atoms with E-state index in [-0.39, 0.29) is 12.4 Å². The maximum absolute atomic E-state index is 4.94. The summed E-state index contributed by atoms with van der Waals surface area (Å²) >= 11 is 0. The number of hydrogen-bond donors (Lipinski definition) is 2. The van der Waals surface area contributed by atoms with Gasteiger partial charge in [-0.25, -0.2) is 11.4 Å². The van der Waals surface area contributed by atoms with E-state index in [4.69, 9.17) is 5.84 Å². The molecule has 0 amide bonds. The van der Waals surface area contributed by atoms with Crippen molar-refractivity contribution in [3.63, 3.8) is 0 Å². The molecule has 0 atom stereocenters. The van der Waals surface area contributed by atoms with Gasteiger partial charge in [-0.2, -0.15) is 9.89 Å². The van der Waals surface area contributed by atoms with Crippen LogP contribution in [0.3, 0.4) is 0 Å². The van der Waals surface area contributed by atoms with Crippen LogP contribution in [-0.2, 0) is 0 Å². The number of rotatable bonds is 1. The molecule has 0 radical (unpaired) electrons. The van der Waals surface area contributed by atoms with Crippen molar-refractivity contribution in [2.24, 2.45) is 5.84 Å². The molecule has 8 heavy (non-hydrogen) atoms. The van der Waals surface area contributed by atoms with Crippen molar-refractivity contribution in [1.29, 1.82) is 0 Å². The third-order valence-electron chi connectivity index (χ3n) is 0.637. The van der Waals surface area contributed by atoms with Gasteiger partial charge in [0.2, 0.25) is 0 Å². The number of aromatic nitrogens is 2. The average molecular weight is 135 g/mol. The van der Waals surface area contributed by atoms with Gasteiger partial charge in [-0.1, -0.05) is 0 Å². The van der Waals surface area contributed by atoms with E-state index in [0.29, 0.717) is 0 Å². The monoisotopic (exact) mass is 134 g/mol. The molecule has 0 spiro atoms. The van der Waals surface area contributed by atoms with Crippen LogP contribution >= 0.6 is 12.4 Å². The average Bonchev–Trinajstić information content (AvgIpc) is 2.14. The number of hydrazine groups is 1. The first-order valence-corrected chi connectivity index (χ1v) is 1.90. The molecular formula is C3H7ClN4. The standard InChI is InChI=1S/C3H6N4.ClH/c4-6-7-3-1-2-5-7;/h1-3,6H,4H2;1H. The molecule has 0 saturated heterocycles. The Morgan fingerprint density at radius 1 is 1.62 bits per heavy atom. The Kier molecular flexibility index (Phi) is 2.98. The fourth-order valence-corrected chi connectivity index (χ4v) is 0.345. The lowest BCUT2D eigenvalue weighted by Crippen LogP contribution is -2.21. The van der Waals surface area contributed by atoms with Crippen molar-refractivity contribution in [3.8, 4) is 0 Å². The lowest BCUT2D eigenvalue weighted by molar-refractivity contribution is 0.753. The van der Waals surface area contributed by atoms with Crippen LogP contribution in [0.5, 0.6) is 0 Å². The second kappa shape index (κ2) is 3.29. The van der Waals surface area contributed by atoms with Gasteiger partial charge < -0.3 is 0 Å². The van der Waals surface area contributed by atoms with E-state index < -0.39 is 0 Å².